The highest BCUT2D eigenvalue weighted by Crippen LogP contribution is 2.34. The first-order valence-electron chi connectivity index (χ1n) is 6.15. The van der Waals surface area contributed by atoms with E-state index >= 15 is 0 Å². The van der Waals surface area contributed by atoms with Crippen molar-refractivity contribution in [3.05, 3.63) is 0 Å². The van der Waals surface area contributed by atoms with Crippen LogP contribution in [-0.4, -0.2) is 39.0 Å². The lowest BCUT2D eigenvalue weighted by atomic mass is 9.75. The van der Waals surface area contributed by atoms with Crippen LogP contribution in [0, 0.1) is 0 Å². The molecule has 0 heterocycles. The fourth-order valence-electron chi connectivity index (χ4n) is 2.05. The number of hydrogen-bond acceptors (Lipinski definition) is 3. The van der Waals surface area contributed by atoms with Crippen LogP contribution in [0.25, 0.3) is 0 Å². The Bertz CT molecular complexity index is 152. The highest BCUT2D eigenvalue weighted by Gasteiger charge is 2.33. The van der Waals surface area contributed by atoms with E-state index in [0.29, 0.717) is 5.54 Å². The molecule has 3 nitrogen and oxygen atoms in total. The molecule has 0 aliphatic heterocycles. The predicted octanol–water partition coefficient (Wildman–Crippen LogP) is 1.96. The van der Waals surface area contributed by atoms with Crippen LogP contribution in [-0.2, 0) is 9.47 Å². The molecule has 1 saturated carbocycles. The maximum Gasteiger partial charge on any atom is 0.0591 e. The van der Waals surface area contributed by atoms with Gasteiger partial charge in [0.05, 0.1) is 6.61 Å². The summed E-state index contributed by atoms with van der Waals surface area (Å²) in [5.74, 6) is 0. The van der Waals surface area contributed by atoms with Gasteiger partial charge in [-0.3, -0.25) is 0 Å². The predicted molar refractivity (Wildman–Crippen MR) is 62.2 cm³/mol. The minimum atomic E-state index is 0.454. The third kappa shape index (κ3) is 4.49. The Morgan fingerprint density at radius 1 is 1.20 bits per heavy atom. The second-order valence-corrected chi connectivity index (χ2v) is 4.37. The van der Waals surface area contributed by atoms with Crippen molar-refractivity contribution in [1.82, 2.24) is 5.32 Å². The minimum absolute atomic E-state index is 0.454. The van der Waals surface area contributed by atoms with Crippen LogP contribution in [0.5, 0.6) is 0 Å². The quantitative estimate of drug-likeness (QED) is 0.596. The van der Waals surface area contributed by atoms with Gasteiger partial charge in [-0.05, 0) is 32.1 Å². The third-order valence-electron chi connectivity index (χ3n) is 3.37. The van der Waals surface area contributed by atoms with Crippen LogP contribution >= 0.6 is 0 Å². The molecule has 1 rings (SSSR count). The summed E-state index contributed by atoms with van der Waals surface area (Å²) >= 11 is 0. The van der Waals surface area contributed by atoms with Gasteiger partial charge in [0.2, 0.25) is 0 Å². The molecule has 0 spiro atoms. The molecule has 0 radical (unpaired) electrons. The summed E-state index contributed by atoms with van der Waals surface area (Å²) in [7, 11) is 1.73. The molecule has 0 aromatic carbocycles. The van der Waals surface area contributed by atoms with Gasteiger partial charge in [0.25, 0.3) is 0 Å². The van der Waals surface area contributed by atoms with Crippen molar-refractivity contribution in [2.24, 2.45) is 0 Å². The molecule has 1 N–H and O–H groups in total. The second kappa shape index (κ2) is 7.20. The Hall–Kier alpha value is -0.120. The summed E-state index contributed by atoms with van der Waals surface area (Å²) < 4.78 is 10.5. The molecule has 1 fully saturated rings. The van der Waals surface area contributed by atoms with Crippen LogP contribution < -0.4 is 5.32 Å². The van der Waals surface area contributed by atoms with Crippen LogP contribution in [0.1, 0.15) is 39.0 Å². The lowest BCUT2D eigenvalue weighted by Crippen LogP contribution is -2.51. The number of rotatable bonds is 9. The Kier molecular flexibility index (Phi) is 6.22. The fourth-order valence-corrected chi connectivity index (χ4v) is 2.05. The lowest BCUT2D eigenvalue weighted by molar-refractivity contribution is 0.0905. The molecule has 3 heteroatoms. The first-order valence-corrected chi connectivity index (χ1v) is 6.15. The van der Waals surface area contributed by atoms with E-state index in [1.807, 2.05) is 0 Å². The van der Waals surface area contributed by atoms with Crippen molar-refractivity contribution in [3.63, 3.8) is 0 Å². The van der Waals surface area contributed by atoms with Crippen molar-refractivity contribution >= 4 is 0 Å². The van der Waals surface area contributed by atoms with Crippen molar-refractivity contribution in [1.29, 1.82) is 0 Å². The molecule has 15 heavy (non-hydrogen) atoms. The maximum absolute atomic E-state index is 5.50. The normalized spacial score (nSPS) is 18.8. The van der Waals surface area contributed by atoms with Gasteiger partial charge in [-0.25, -0.2) is 0 Å². The number of hydrogen-bond donors (Lipinski definition) is 1. The van der Waals surface area contributed by atoms with E-state index in [2.05, 4.69) is 12.2 Å². The van der Waals surface area contributed by atoms with Crippen molar-refractivity contribution in [3.8, 4) is 0 Å². The zero-order valence-corrected chi connectivity index (χ0v) is 10.2. The van der Waals surface area contributed by atoms with Gasteiger partial charge in [0, 0.05) is 32.4 Å². The smallest absolute Gasteiger partial charge is 0.0591 e. The van der Waals surface area contributed by atoms with Gasteiger partial charge >= 0.3 is 0 Å². The summed E-state index contributed by atoms with van der Waals surface area (Å²) in [6.07, 6.45) is 6.31. The maximum atomic E-state index is 5.50. The van der Waals surface area contributed by atoms with E-state index in [0.717, 1.165) is 32.8 Å². The van der Waals surface area contributed by atoms with Crippen molar-refractivity contribution < 1.29 is 9.47 Å². The standard InChI is InChI=1S/C12H25NO2/c1-3-12(6-4-7-12)13-8-11-15-10-5-9-14-2/h13H,3-11H2,1-2H3. The molecule has 0 atom stereocenters. The second-order valence-electron chi connectivity index (χ2n) is 4.37. The van der Waals surface area contributed by atoms with Gasteiger partial charge in [0.15, 0.2) is 0 Å². The number of ether oxygens (including phenoxy) is 2. The van der Waals surface area contributed by atoms with Gasteiger partial charge in [-0.15, -0.1) is 0 Å². The summed E-state index contributed by atoms with van der Waals surface area (Å²) in [5, 5.41) is 3.62. The molecule has 1 aliphatic rings. The molecule has 0 aromatic rings. The van der Waals surface area contributed by atoms with Gasteiger partial charge in [0.1, 0.15) is 0 Å². The van der Waals surface area contributed by atoms with E-state index in [9.17, 15) is 0 Å². The topological polar surface area (TPSA) is 30.5 Å². The zero-order valence-electron chi connectivity index (χ0n) is 10.2. The Labute approximate surface area is 93.5 Å². The molecule has 1 aliphatic carbocycles. The third-order valence-corrected chi connectivity index (χ3v) is 3.37. The Morgan fingerprint density at radius 2 is 2.00 bits per heavy atom. The van der Waals surface area contributed by atoms with Crippen LogP contribution in [0.3, 0.4) is 0 Å². The average molecular weight is 215 g/mol. The summed E-state index contributed by atoms with van der Waals surface area (Å²) in [6.45, 7) is 5.69. The van der Waals surface area contributed by atoms with Gasteiger partial charge in [-0.2, -0.15) is 0 Å². The van der Waals surface area contributed by atoms with E-state index in [-0.39, 0.29) is 0 Å². The van der Waals surface area contributed by atoms with Crippen molar-refractivity contribution in [2.45, 2.75) is 44.6 Å². The number of methoxy groups -OCH3 is 1. The number of nitrogens with one attached hydrogen (secondary N) is 1. The van der Waals surface area contributed by atoms with Gasteiger partial charge in [-0.1, -0.05) is 6.92 Å². The fraction of sp³-hybridized carbons (Fsp3) is 1.00. The van der Waals surface area contributed by atoms with E-state index in [4.69, 9.17) is 9.47 Å². The molecule has 0 aromatic heterocycles. The average Bonchev–Trinajstić information content (AvgIpc) is 2.20. The summed E-state index contributed by atoms with van der Waals surface area (Å²) in [6, 6.07) is 0. The van der Waals surface area contributed by atoms with Crippen LogP contribution in [0.15, 0.2) is 0 Å². The highest BCUT2D eigenvalue weighted by atomic mass is 16.5. The molecule has 0 amide bonds. The molecular weight excluding hydrogens is 190 g/mol. The summed E-state index contributed by atoms with van der Waals surface area (Å²) in [5.41, 5.74) is 0.454. The van der Waals surface area contributed by atoms with E-state index < -0.39 is 0 Å². The Morgan fingerprint density at radius 3 is 2.53 bits per heavy atom. The van der Waals surface area contributed by atoms with E-state index in [1.54, 1.807) is 7.11 Å². The lowest BCUT2D eigenvalue weighted by Gasteiger charge is -2.42. The molecule has 0 saturated heterocycles. The molecule has 90 valence electrons. The first kappa shape index (κ1) is 12.9. The largest absolute Gasteiger partial charge is 0.385 e. The van der Waals surface area contributed by atoms with Crippen LogP contribution in [0.2, 0.25) is 0 Å². The molecular formula is C12H25NO2. The van der Waals surface area contributed by atoms with Crippen LogP contribution in [0.4, 0.5) is 0 Å². The van der Waals surface area contributed by atoms with Crippen molar-refractivity contribution in [2.75, 3.05) is 33.5 Å². The first-order chi connectivity index (χ1) is 7.33. The van der Waals surface area contributed by atoms with E-state index in [1.165, 1.54) is 25.7 Å². The monoisotopic (exact) mass is 215 g/mol. The highest BCUT2D eigenvalue weighted by molar-refractivity contribution is 4.94. The minimum Gasteiger partial charge on any atom is -0.385 e. The zero-order chi connectivity index (χ0) is 11.0. The Balaban J connectivity index is 1.88. The molecule has 0 bridgehead atoms. The SMILES string of the molecule is CCC1(NCCOCCCOC)CCC1. The summed E-state index contributed by atoms with van der Waals surface area (Å²) in [4.78, 5) is 0. The molecule has 0 unspecified atom stereocenters. The van der Waals surface area contributed by atoms with Gasteiger partial charge < -0.3 is 14.8 Å².